The van der Waals surface area contributed by atoms with Crippen LogP contribution >= 0.6 is 0 Å². The van der Waals surface area contributed by atoms with E-state index in [1.807, 2.05) is 0 Å². The SMILES string of the molecule is C=C(C)C(=O)OC(CC(C)C)CC(C)C. The van der Waals surface area contributed by atoms with E-state index in [0.717, 1.165) is 12.8 Å². The summed E-state index contributed by atoms with van der Waals surface area (Å²) < 4.78 is 5.40. The standard InChI is InChI=1S/C13H24O2/c1-9(2)7-12(8-10(3)4)15-13(14)11(5)6/h9-10,12H,5,7-8H2,1-4,6H3. The summed E-state index contributed by atoms with van der Waals surface area (Å²) in [5.74, 6) is 0.833. The smallest absolute Gasteiger partial charge is 0.333 e. The van der Waals surface area contributed by atoms with Gasteiger partial charge in [-0.3, -0.25) is 0 Å². The van der Waals surface area contributed by atoms with E-state index in [1.165, 1.54) is 0 Å². The lowest BCUT2D eigenvalue weighted by atomic mass is 9.98. The van der Waals surface area contributed by atoms with Gasteiger partial charge in [-0.05, 0) is 31.6 Å². The lowest BCUT2D eigenvalue weighted by Gasteiger charge is -2.21. The van der Waals surface area contributed by atoms with Crippen LogP contribution in [-0.2, 0) is 9.53 Å². The summed E-state index contributed by atoms with van der Waals surface area (Å²) in [6.45, 7) is 13.8. The Morgan fingerprint density at radius 1 is 1.13 bits per heavy atom. The predicted molar refractivity (Wildman–Crippen MR) is 63.6 cm³/mol. The first-order valence-corrected chi connectivity index (χ1v) is 5.69. The molecule has 0 unspecified atom stereocenters. The molecule has 0 radical (unpaired) electrons. The van der Waals surface area contributed by atoms with E-state index >= 15 is 0 Å². The van der Waals surface area contributed by atoms with Gasteiger partial charge in [0.05, 0.1) is 0 Å². The Balaban J connectivity index is 4.23. The van der Waals surface area contributed by atoms with Gasteiger partial charge in [0, 0.05) is 5.57 Å². The van der Waals surface area contributed by atoms with Crippen LogP contribution in [0.3, 0.4) is 0 Å². The van der Waals surface area contributed by atoms with Crippen LogP contribution in [0.4, 0.5) is 0 Å². The summed E-state index contributed by atoms with van der Waals surface area (Å²) in [6.07, 6.45) is 1.89. The van der Waals surface area contributed by atoms with Crippen LogP contribution in [-0.4, -0.2) is 12.1 Å². The zero-order chi connectivity index (χ0) is 12.0. The molecular formula is C13H24O2. The van der Waals surface area contributed by atoms with Crippen molar-refractivity contribution in [2.24, 2.45) is 11.8 Å². The van der Waals surface area contributed by atoms with Gasteiger partial charge in [0.2, 0.25) is 0 Å². The number of ether oxygens (including phenoxy) is 1. The molecule has 0 aliphatic rings. The number of hydrogen-bond donors (Lipinski definition) is 0. The van der Waals surface area contributed by atoms with Crippen molar-refractivity contribution in [3.05, 3.63) is 12.2 Å². The van der Waals surface area contributed by atoms with Crippen LogP contribution in [0.5, 0.6) is 0 Å². The lowest BCUT2D eigenvalue weighted by Crippen LogP contribution is -2.22. The number of rotatable bonds is 6. The maximum absolute atomic E-state index is 11.4. The Kier molecular flexibility index (Phi) is 6.30. The third-order valence-electron chi connectivity index (χ3n) is 2.09. The molecule has 0 saturated heterocycles. The van der Waals surface area contributed by atoms with Crippen molar-refractivity contribution in [2.45, 2.75) is 53.6 Å². The van der Waals surface area contributed by atoms with E-state index in [-0.39, 0.29) is 12.1 Å². The minimum absolute atomic E-state index is 0.0363. The topological polar surface area (TPSA) is 26.3 Å². The molecule has 88 valence electrons. The normalized spacial score (nSPS) is 11.2. The molecule has 0 fully saturated rings. The molecule has 0 rings (SSSR count). The fraction of sp³-hybridized carbons (Fsp3) is 0.769. The highest BCUT2D eigenvalue weighted by molar-refractivity contribution is 5.87. The first kappa shape index (κ1) is 14.2. The molecule has 2 nitrogen and oxygen atoms in total. The average molecular weight is 212 g/mol. The molecule has 0 aromatic heterocycles. The van der Waals surface area contributed by atoms with E-state index in [2.05, 4.69) is 34.3 Å². The Hall–Kier alpha value is -0.790. The van der Waals surface area contributed by atoms with Crippen molar-refractivity contribution in [3.63, 3.8) is 0 Å². The molecule has 0 amide bonds. The van der Waals surface area contributed by atoms with Crippen molar-refractivity contribution >= 4 is 5.97 Å². The van der Waals surface area contributed by atoms with E-state index in [1.54, 1.807) is 6.92 Å². The third kappa shape index (κ3) is 7.18. The molecule has 0 aromatic rings. The molecule has 0 aromatic carbocycles. The molecule has 0 heterocycles. The molecule has 0 aliphatic heterocycles. The number of carbonyl (C=O) groups is 1. The maximum Gasteiger partial charge on any atom is 0.333 e. The summed E-state index contributed by atoms with van der Waals surface area (Å²) in [6, 6.07) is 0. The monoisotopic (exact) mass is 212 g/mol. The van der Waals surface area contributed by atoms with Gasteiger partial charge in [0.15, 0.2) is 0 Å². The fourth-order valence-electron chi connectivity index (χ4n) is 1.50. The minimum atomic E-state index is -0.263. The summed E-state index contributed by atoms with van der Waals surface area (Å²) in [5, 5.41) is 0. The van der Waals surface area contributed by atoms with Crippen LogP contribution in [0.25, 0.3) is 0 Å². The van der Waals surface area contributed by atoms with Crippen molar-refractivity contribution in [1.82, 2.24) is 0 Å². The van der Waals surface area contributed by atoms with Crippen LogP contribution in [0.15, 0.2) is 12.2 Å². The third-order valence-corrected chi connectivity index (χ3v) is 2.09. The molecular weight excluding hydrogens is 188 g/mol. The highest BCUT2D eigenvalue weighted by Gasteiger charge is 2.17. The number of hydrogen-bond acceptors (Lipinski definition) is 2. The van der Waals surface area contributed by atoms with Gasteiger partial charge in [-0.25, -0.2) is 4.79 Å². The van der Waals surface area contributed by atoms with E-state index in [9.17, 15) is 4.79 Å². The van der Waals surface area contributed by atoms with Crippen molar-refractivity contribution < 1.29 is 9.53 Å². The van der Waals surface area contributed by atoms with Gasteiger partial charge in [-0.1, -0.05) is 34.3 Å². The molecule has 0 saturated carbocycles. The van der Waals surface area contributed by atoms with Gasteiger partial charge in [-0.15, -0.1) is 0 Å². The average Bonchev–Trinajstić information content (AvgIpc) is 2.00. The molecule has 15 heavy (non-hydrogen) atoms. The zero-order valence-electron chi connectivity index (χ0n) is 10.7. The van der Waals surface area contributed by atoms with Crippen molar-refractivity contribution in [2.75, 3.05) is 0 Å². The highest BCUT2D eigenvalue weighted by atomic mass is 16.5. The summed E-state index contributed by atoms with van der Waals surface area (Å²) in [5.41, 5.74) is 0.479. The van der Waals surface area contributed by atoms with E-state index in [0.29, 0.717) is 17.4 Å². The maximum atomic E-state index is 11.4. The fourth-order valence-corrected chi connectivity index (χ4v) is 1.50. The molecule has 0 aliphatic carbocycles. The highest BCUT2D eigenvalue weighted by Crippen LogP contribution is 2.17. The Labute approximate surface area is 93.7 Å². The molecule has 0 atom stereocenters. The van der Waals surface area contributed by atoms with E-state index < -0.39 is 0 Å². The Morgan fingerprint density at radius 3 is 1.80 bits per heavy atom. The number of esters is 1. The van der Waals surface area contributed by atoms with Gasteiger partial charge in [0.1, 0.15) is 6.10 Å². The Morgan fingerprint density at radius 2 is 1.53 bits per heavy atom. The summed E-state index contributed by atoms with van der Waals surface area (Å²) in [4.78, 5) is 11.4. The Bertz CT molecular complexity index is 207. The summed E-state index contributed by atoms with van der Waals surface area (Å²) >= 11 is 0. The first-order chi connectivity index (χ1) is 6.82. The van der Waals surface area contributed by atoms with Crippen LogP contribution in [0, 0.1) is 11.8 Å². The molecule has 0 N–H and O–H groups in total. The lowest BCUT2D eigenvalue weighted by molar-refractivity contribution is -0.145. The second-order valence-corrected chi connectivity index (χ2v) is 5.07. The van der Waals surface area contributed by atoms with E-state index in [4.69, 9.17) is 4.74 Å². The minimum Gasteiger partial charge on any atom is -0.459 e. The quantitative estimate of drug-likeness (QED) is 0.497. The largest absolute Gasteiger partial charge is 0.459 e. The first-order valence-electron chi connectivity index (χ1n) is 5.69. The summed E-state index contributed by atoms with van der Waals surface area (Å²) in [7, 11) is 0. The van der Waals surface area contributed by atoms with Crippen molar-refractivity contribution in [1.29, 1.82) is 0 Å². The van der Waals surface area contributed by atoms with Crippen LogP contribution in [0.2, 0.25) is 0 Å². The zero-order valence-corrected chi connectivity index (χ0v) is 10.7. The van der Waals surface area contributed by atoms with Gasteiger partial charge in [-0.2, -0.15) is 0 Å². The van der Waals surface area contributed by atoms with Gasteiger partial charge >= 0.3 is 5.97 Å². The predicted octanol–water partition coefficient (Wildman–Crippen LogP) is 3.57. The molecule has 2 heteroatoms. The second-order valence-electron chi connectivity index (χ2n) is 5.07. The molecule has 0 bridgehead atoms. The van der Waals surface area contributed by atoms with Gasteiger partial charge < -0.3 is 4.74 Å². The van der Waals surface area contributed by atoms with Crippen LogP contribution < -0.4 is 0 Å². The number of carbonyl (C=O) groups excluding carboxylic acids is 1. The second kappa shape index (κ2) is 6.65. The van der Waals surface area contributed by atoms with Crippen molar-refractivity contribution in [3.8, 4) is 0 Å². The molecule has 0 spiro atoms. The van der Waals surface area contributed by atoms with Gasteiger partial charge in [0.25, 0.3) is 0 Å². The van der Waals surface area contributed by atoms with Crippen LogP contribution in [0.1, 0.15) is 47.5 Å².